The third-order valence-electron chi connectivity index (χ3n) is 10.8. The van der Waals surface area contributed by atoms with Gasteiger partial charge in [0.15, 0.2) is 0 Å². The second-order valence-corrected chi connectivity index (χ2v) is 16.1. The van der Waals surface area contributed by atoms with Crippen molar-refractivity contribution in [1.29, 1.82) is 0 Å². The first-order valence-electron chi connectivity index (χ1n) is 18.2. The molecule has 0 unspecified atom stereocenters. The summed E-state index contributed by atoms with van der Waals surface area (Å²) in [6, 6.07) is 11.5. The average molecular weight is 730 g/mol. The van der Waals surface area contributed by atoms with Gasteiger partial charge in [-0.05, 0) is 138 Å². The highest BCUT2D eigenvalue weighted by Gasteiger charge is 2.53. The van der Waals surface area contributed by atoms with Gasteiger partial charge in [-0.3, -0.25) is 0 Å². The van der Waals surface area contributed by atoms with Gasteiger partial charge in [0.05, 0.1) is 41.2 Å². The largest absolute Gasteiger partial charge is 0.495 e. The highest BCUT2D eigenvalue weighted by Crippen LogP contribution is 2.38. The van der Waals surface area contributed by atoms with Gasteiger partial charge in [0.25, 0.3) is 0 Å². The second kappa shape index (κ2) is 17.2. The Bertz CT molecular complexity index is 1440. The van der Waals surface area contributed by atoms with E-state index in [4.69, 9.17) is 33.8 Å². The molecule has 2 atom stereocenters. The van der Waals surface area contributed by atoms with Crippen molar-refractivity contribution in [2.24, 2.45) is 0 Å². The molecule has 2 aromatic carbocycles. The number of morpholine rings is 1. The van der Waals surface area contributed by atoms with Crippen LogP contribution in [0.3, 0.4) is 0 Å². The number of halogens is 1. The van der Waals surface area contributed by atoms with E-state index in [1.807, 2.05) is 84.9 Å². The van der Waals surface area contributed by atoms with Crippen LogP contribution in [-0.2, 0) is 28.1 Å². The minimum atomic E-state index is -0.444. The zero-order valence-electron chi connectivity index (χ0n) is 33.0. The van der Waals surface area contributed by atoms with Crippen LogP contribution in [-0.4, -0.2) is 86.1 Å². The molecule has 0 spiro atoms. The molecule has 3 N–H and O–H groups in total. The van der Waals surface area contributed by atoms with Crippen LogP contribution in [0.25, 0.3) is 0 Å². The van der Waals surface area contributed by atoms with Crippen molar-refractivity contribution in [3.8, 4) is 0 Å². The molecule has 0 bridgehead atoms. The molecule has 2 aromatic rings. The lowest BCUT2D eigenvalue weighted by Gasteiger charge is -2.32. The van der Waals surface area contributed by atoms with Gasteiger partial charge in [-0.1, -0.05) is 23.3 Å². The third kappa shape index (κ3) is 10.9. The summed E-state index contributed by atoms with van der Waals surface area (Å²) in [5.74, 6) is 0. The molecule has 0 radical (unpaired) electrons. The van der Waals surface area contributed by atoms with Gasteiger partial charge in [0, 0.05) is 31.1 Å². The van der Waals surface area contributed by atoms with Gasteiger partial charge >= 0.3 is 20.3 Å². The van der Waals surface area contributed by atoms with E-state index in [1.165, 1.54) is 19.3 Å². The zero-order valence-corrected chi connectivity index (χ0v) is 33.8. The van der Waals surface area contributed by atoms with Crippen molar-refractivity contribution >= 4 is 55.0 Å². The molecule has 51 heavy (non-hydrogen) atoms. The number of ether oxygens (including phenoxy) is 2. The van der Waals surface area contributed by atoms with Crippen molar-refractivity contribution < 1.29 is 32.9 Å². The van der Waals surface area contributed by atoms with Crippen molar-refractivity contribution in [1.82, 2.24) is 4.90 Å². The highest BCUT2D eigenvalue weighted by molar-refractivity contribution is 6.63. The lowest BCUT2D eigenvalue weighted by molar-refractivity contribution is -0.00138. The molecular weight excluding hydrogens is 668 g/mol. The molecule has 4 saturated heterocycles. The first kappa shape index (κ1) is 43.1. The summed E-state index contributed by atoms with van der Waals surface area (Å²) in [6.45, 7) is 27.3. The van der Waals surface area contributed by atoms with Gasteiger partial charge in [-0.15, -0.1) is 12.4 Å². The van der Waals surface area contributed by atoms with E-state index < -0.39 is 18.3 Å². The molecule has 4 aliphatic rings. The molecule has 284 valence electrons. The number of amides is 2. The van der Waals surface area contributed by atoms with Gasteiger partial charge < -0.3 is 44.0 Å². The van der Waals surface area contributed by atoms with Gasteiger partial charge in [0.1, 0.15) is 0 Å². The van der Waals surface area contributed by atoms with E-state index >= 15 is 0 Å². The fourth-order valence-electron chi connectivity index (χ4n) is 5.93. The number of carbonyl (C=O) groups is 1. The van der Waals surface area contributed by atoms with Crippen LogP contribution in [0.4, 0.5) is 16.2 Å². The topological polar surface area (TPSA) is 114 Å². The maximum Gasteiger partial charge on any atom is 0.495 e. The van der Waals surface area contributed by atoms with Crippen molar-refractivity contribution in [2.45, 2.75) is 137 Å². The fourth-order valence-corrected chi connectivity index (χ4v) is 5.93. The van der Waals surface area contributed by atoms with E-state index in [-0.39, 0.29) is 42.9 Å². The summed E-state index contributed by atoms with van der Waals surface area (Å²) in [5, 5.41) is 2.99. The fraction of sp³-hybridized carbons (Fsp3) is 0.658. The third-order valence-corrected chi connectivity index (χ3v) is 10.8. The quantitative estimate of drug-likeness (QED) is 0.275. The molecule has 4 heterocycles. The Hall–Kier alpha value is -2.31. The summed E-state index contributed by atoms with van der Waals surface area (Å²) in [4.78, 5) is 14.3. The number of anilines is 2. The predicted molar refractivity (Wildman–Crippen MR) is 211 cm³/mol. The van der Waals surface area contributed by atoms with E-state index in [0.717, 1.165) is 40.0 Å². The average Bonchev–Trinajstić information content (AvgIpc) is 3.39. The Balaban J connectivity index is 0.000000240. The number of nitrogens with zero attached hydrogens (tertiary/aromatic N) is 1. The van der Waals surface area contributed by atoms with Crippen molar-refractivity contribution in [3.05, 3.63) is 47.5 Å². The van der Waals surface area contributed by atoms with Crippen molar-refractivity contribution in [3.63, 3.8) is 0 Å². The molecule has 4 fully saturated rings. The Morgan fingerprint density at radius 2 is 1.24 bits per heavy atom. The van der Waals surface area contributed by atoms with Gasteiger partial charge in [-0.25, -0.2) is 4.79 Å². The Morgan fingerprint density at radius 3 is 1.69 bits per heavy atom. The van der Waals surface area contributed by atoms with Crippen LogP contribution >= 0.6 is 12.4 Å². The number of aryl methyl sites for hydroxylation is 2. The first-order chi connectivity index (χ1) is 23.2. The number of rotatable bonds is 3. The van der Waals surface area contributed by atoms with Crippen LogP contribution in [0.15, 0.2) is 36.4 Å². The SMILES string of the molecule is C[C@H]1CCCCO1.Cc1ccc(N)cc1B1OC(C)(C)C(C)(C)O1.Cc1ccc(NC(=O)N2CCO[C@@H](C)C2)cc1B1OC(C)(C)C(C)(C)O1.Cl. The molecule has 13 heteroatoms. The Morgan fingerprint density at radius 1 is 0.745 bits per heavy atom. The number of urea groups is 1. The van der Waals surface area contributed by atoms with Crippen LogP contribution in [0.1, 0.15) is 99.6 Å². The van der Waals surface area contributed by atoms with Crippen LogP contribution in [0.2, 0.25) is 0 Å². The molecular formula is C38H62B2ClN3O7. The lowest BCUT2D eigenvalue weighted by atomic mass is 9.76. The number of nitrogen functional groups attached to an aromatic ring is 1. The Kier molecular flexibility index (Phi) is 14.6. The maximum absolute atomic E-state index is 12.5. The first-order valence-corrected chi connectivity index (χ1v) is 18.2. The van der Waals surface area contributed by atoms with Gasteiger partial charge in [0.2, 0.25) is 0 Å². The number of nitrogens with one attached hydrogen (secondary N) is 1. The number of hydrogen-bond donors (Lipinski definition) is 2. The van der Waals surface area contributed by atoms with E-state index in [0.29, 0.717) is 25.8 Å². The van der Waals surface area contributed by atoms with E-state index in [2.05, 4.69) is 39.9 Å². The molecule has 10 nitrogen and oxygen atoms in total. The van der Waals surface area contributed by atoms with E-state index in [9.17, 15) is 4.79 Å². The molecule has 2 amide bonds. The number of hydrogen-bond acceptors (Lipinski definition) is 8. The summed E-state index contributed by atoms with van der Waals surface area (Å²) >= 11 is 0. The lowest BCUT2D eigenvalue weighted by Crippen LogP contribution is -2.46. The number of carbonyl (C=O) groups excluding carboxylic acids is 1. The Labute approximate surface area is 313 Å². The second-order valence-electron chi connectivity index (χ2n) is 16.1. The minimum Gasteiger partial charge on any atom is -0.399 e. The highest BCUT2D eigenvalue weighted by atomic mass is 35.5. The van der Waals surface area contributed by atoms with Crippen LogP contribution in [0, 0.1) is 13.8 Å². The standard InChI is InChI=1S/C19H29BN2O4.C13H20BNO2.C6H12O.ClH/c1-13-7-8-15(21-17(23)22-9-10-24-14(2)12-22)11-16(13)20-25-18(3,4)19(5,6)26-20;1-9-6-7-10(15)8-11(9)14-16-12(2,3)13(4,5)17-14;1-6-4-2-3-5-7-6;/h7-8,11,14H,9-10,12H2,1-6H3,(H,21,23);6-8H,15H2,1-5H3;6H,2-5H2,1H3;1H/t14-;;6-;/m0.0./s1. The normalized spacial score (nSPS) is 24.4. The summed E-state index contributed by atoms with van der Waals surface area (Å²) in [6.07, 6.45) is 4.49. The molecule has 6 rings (SSSR count). The van der Waals surface area contributed by atoms with Gasteiger partial charge in [-0.2, -0.15) is 0 Å². The summed E-state index contributed by atoms with van der Waals surface area (Å²) in [5.41, 5.74) is 10.0. The minimum absolute atomic E-state index is 0. The molecule has 0 aromatic heterocycles. The summed E-state index contributed by atoms with van der Waals surface area (Å²) in [7, 11) is -0.774. The predicted octanol–water partition coefficient (Wildman–Crippen LogP) is 6.42. The molecule has 0 saturated carbocycles. The zero-order chi connectivity index (χ0) is 37.1. The van der Waals surface area contributed by atoms with Crippen LogP contribution < -0.4 is 22.0 Å². The van der Waals surface area contributed by atoms with Crippen molar-refractivity contribution in [2.75, 3.05) is 37.4 Å². The molecule has 0 aliphatic carbocycles. The summed E-state index contributed by atoms with van der Waals surface area (Å²) < 4.78 is 35.1. The molecule has 4 aliphatic heterocycles. The number of nitrogens with two attached hydrogens (primary N) is 1. The number of benzene rings is 2. The van der Waals surface area contributed by atoms with Crippen LogP contribution in [0.5, 0.6) is 0 Å². The monoisotopic (exact) mass is 729 g/mol. The maximum atomic E-state index is 12.5. The smallest absolute Gasteiger partial charge is 0.399 e. The van der Waals surface area contributed by atoms with E-state index in [1.54, 1.807) is 4.90 Å².